The molecule has 27 heavy (non-hydrogen) atoms. The van der Waals surface area contributed by atoms with Crippen LogP contribution in [0, 0.1) is 10.1 Å². The van der Waals surface area contributed by atoms with Crippen molar-refractivity contribution in [3.63, 3.8) is 0 Å². The topological polar surface area (TPSA) is 92.3 Å². The first-order valence-electron chi connectivity index (χ1n) is 8.15. The van der Waals surface area contributed by atoms with E-state index >= 15 is 0 Å². The molecule has 2 aromatic carbocycles. The monoisotopic (exact) mass is 364 g/mol. The van der Waals surface area contributed by atoms with Crippen molar-refractivity contribution in [2.24, 2.45) is 7.05 Å². The van der Waals surface area contributed by atoms with Gasteiger partial charge in [0.1, 0.15) is 11.3 Å². The third-order valence-electron chi connectivity index (χ3n) is 4.54. The van der Waals surface area contributed by atoms with Crippen LogP contribution in [0.3, 0.4) is 0 Å². The van der Waals surface area contributed by atoms with Gasteiger partial charge in [-0.2, -0.15) is 0 Å². The molecule has 0 saturated heterocycles. The van der Waals surface area contributed by atoms with Gasteiger partial charge >= 0.3 is 0 Å². The van der Waals surface area contributed by atoms with Crippen LogP contribution in [0.1, 0.15) is 0 Å². The highest BCUT2D eigenvalue weighted by Crippen LogP contribution is 2.36. The fourth-order valence-electron chi connectivity index (χ4n) is 3.21. The van der Waals surface area contributed by atoms with Crippen LogP contribution in [-0.4, -0.2) is 33.7 Å². The molecule has 0 radical (unpaired) electrons. The number of methoxy groups -OCH3 is 2. The number of aromatic nitrogens is 3. The first-order valence-corrected chi connectivity index (χ1v) is 8.15. The predicted octanol–water partition coefficient (Wildman–Crippen LogP) is 3.71. The number of nitro benzene ring substituents is 1. The highest BCUT2D eigenvalue weighted by Gasteiger charge is 2.16. The molecule has 0 saturated carbocycles. The molecule has 0 aliphatic heterocycles. The fraction of sp³-hybridized carbons (Fsp3) is 0.158. The van der Waals surface area contributed by atoms with Crippen LogP contribution in [0.25, 0.3) is 33.3 Å². The molecule has 0 amide bonds. The Labute approximate surface area is 154 Å². The first-order chi connectivity index (χ1) is 13.0. The molecule has 0 N–H and O–H groups in total. The molecule has 4 rings (SSSR count). The zero-order valence-electron chi connectivity index (χ0n) is 15.0. The number of nitrogens with zero attached hydrogens (tertiary/aromatic N) is 4. The van der Waals surface area contributed by atoms with Crippen molar-refractivity contribution in [2.75, 3.05) is 14.2 Å². The van der Waals surface area contributed by atoms with Crippen LogP contribution >= 0.6 is 0 Å². The van der Waals surface area contributed by atoms with Crippen LogP contribution in [0.15, 0.2) is 42.6 Å². The summed E-state index contributed by atoms with van der Waals surface area (Å²) in [6, 6.07) is 10.0. The summed E-state index contributed by atoms with van der Waals surface area (Å²) >= 11 is 0. The van der Waals surface area contributed by atoms with Crippen LogP contribution < -0.4 is 9.47 Å². The summed E-state index contributed by atoms with van der Waals surface area (Å²) in [5.74, 6) is 1.91. The highest BCUT2D eigenvalue weighted by molar-refractivity contribution is 6.04. The SMILES string of the molecule is COc1cc2ncc3nc(-c4ccc([N+](=O)[O-])cc4)n(C)c3c2cc1OC. The van der Waals surface area contributed by atoms with Gasteiger partial charge in [-0.1, -0.05) is 0 Å². The van der Waals surface area contributed by atoms with Crippen molar-refractivity contribution in [3.05, 3.63) is 52.7 Å². The fourth-order valence-corrected chi connectivity index (χ4v) is 3.21. The van der Waals surface area contributed by atoms with Gasteiger partial charge in [0.05, 0.1) is 36.4 Å². The molecule has 0 aliphatic rings. The van der Waals surface area contributed by atoms with Crippen LogP contribution in [0.4, 0.5) is 5.69 Å². The van der Waals surface area contributed by atoms with E-state index in [0.717, 1.165) is 27.5 Å². The van der Waals surface area contributed by atoms with Crippen LogP contribution in [0.2, 0.25) is 0 Å². The van der Waals surface area contributed by atoms with Crippen molar-refractivity contribution < 1.29 is 14.4 Å². The molecule has 2 aromatic heterocycles. The molecule has 0 bridgehead atoms. The smallest absolute Gasteiger partial charge is 0.269 e. The lowest BCUT2D eigenvalue weighted by Gasteiger charge is -2.10. The number of nitro groups is 1. The summed E-state index contributed by atoms with van der Waals surface area (Å²) in [6.07, 6.45) is 1.71. The summed E-state index contributed by atoms with van der Waals surface area (Å²) in [6.45, 7) is 0. The Bertz CT molecular complexity index is 1180. The maximum Gasteiger partial charge on any atom is 0.269 e. The van der Waals surface area contributed by atoms with Gasteiger partial charge in [0.15, 0.2) is 11.5 Å². The Morgan fingerprint density at radius 1 is 1.04 bits per heavy atom. The number of hydrogen-bond acceptors (Lipinski definition) is 6. The standard InChI is InChI=1S/C19H16N4O4/c1-22-18-13-8-16(26-2)17(27-3)9-14(13)20-10-15(18)21-19(22)11-4-6-12(7-5-11)23(24)25/h4-10H,1-3H3. The summed E-state index contributed by atoms with van der Waals surface area (Å²) in [4.78, 5) is 19.6. The minimum absolute atomic E-state index is 0.0430. The summed E-state index contributed by atoms with van der Waals surface area (Å²) in [7, 11) is 5.07. The lowest BCUT2D eigenvalue weighted by molar-refractivity contribution is -0.384. The number of hydrogen-bond donors (Lipinski definition) is 0. The predicted molar refractivity (Wildman–Crippen MR) is 101 cm³/mol. The molecule has 0 fully saturated rings. The number of fused-ring (bicyclic) bond motifs is 3. The Kier molecular flexibility index (Phi) is 3.88. The maximum absolute atomic E-state index is 10.9. The first kappa shape index (κ1) is 16.8. The quantitative estimate of drug-likeness (QED) is 0.405. The van der Waals surface area contributed by atoms with Crippen molar-refractivity contribution in [3.8, 4) is 22.9 Å². The molecule has 136 valence electrons. The zero-order valence-corrected chi connectivity index (χ0v) is 15.0. The minimum Gasteiger partial charge on any atom is -0.493 e. The Morgan fingerprint density at radius 2 is 1.70 bits per heavy atom. The van der Waals surface area contributed by atoms with Gasteiger partial charge in [-0.05, 0) is 18.2 Å². The number of non-ortho nitro benzene ring substituents is 1. The third kappa shape index (κ3) is 2.62. The van der Waals surface area contributed by atoms with Crippen molar-refractivity contribution in [1.82, 2.24) is 14.5 Å². The molecule has 8 nitrogen and oxygen atoms in total. The molecule has 0 aliphatic carbocycles. The normalized spacial score (nSPS) is 11.1. The van der Waals surface area contributed by atoms with Crippen LogP contribution in [0.5, 0.6) is 11.5 Å². The maximum atomic E-state index is 10.9. The van der Waals surface area contributed by atoms with Gasteiger partial charge < -0.3 is 14.0 Å². The summed E-state index contributed by atoms with van der Waals surface area (Å²) in [5.41, 5.74) is 3.22. The van der Waals surface area contributed by atoms with E-state index < -0.39 is 4.92 Å². The Morgan fingerprint density at radius 3 is 2.33 bits per heavy atom. The molecular weight excluding hydrogens is 348 g/mol. The lowest BCUT2D eigenvalue weighted by Crippen LogP contribution is -1.95. The lowest BCUT2D eigenvalue weighted by atomic mass is 10.1. The zero-order chi connectivity index (χ0) is 19.1. The average Bonchev–Trinajstić information content (AvgIpc) is 3.03. The third-order valence-corrected chi connectivity index (χ3v) is 4.54. The van der Waals surface area contributed by atoms with Crippen molar-refractivity contribution >= 4 is 27.6 Å². The number of benzene rings is 2. The summed E-state index contributed by atoms with van der Waals surface area (Å²) < 4.78 is 12.7. The van der Waals surface area contributed by atoms with Gasteiger partial charge in [-0.15, -0.1) is 0 Å². The Hall–Kier alpha value is -3.68. The molecule has 4 aromatic rings. The molecule has 8 heteroatoms. The van der Waals surface area contributed by atoms with Gasteiger partial charge in [-0.3, -0.25) is 15.1 Å². The molecule has 0 spiro atoms. The van der Waals surface area contributed by atoms with Crippen molar-refractivity contribution in [1.29, 1.82) is 0 Å². The second-order valence-electron chi connectivity index (χ2n) is 6.01. The van der Waals surface area contributed by atoms with E-state index in [0.29, 0.717) is 17.3 Å². The number of rotatable bonds is 4. The second-order valence-corrected chi connectivity index (χ2v) is 6.01. The average molecular weight is 364 g/mol. The number of imidazole rings is 1. The van der Waals surface area contributed by atoms with E-state index in [1.165, 1.54) is 12.1 Å². The number of aryl methyl sites for hydroxylation is 1. The van der Waals surface area contributed by atoms with Crippen molar-refractivity contribution in [2.45, 2.75) is 0 Å². The number of ether oxygens (including phenoxy) is 2. The minimum atomic E-state index is -0.421. The number of pyridine rings is 1. The van der Waals surface area contributed by atoms with Gasteiger partial charge in [0, 0.05) is 36.2 Å². The molecular formula is C19H16N4O4. The highest BCUT2D eigenvalue weighted by atomic mass is 16.6. The molecule has 2 heterocycles. The summed E-state index contributed by atoms with van der Waals surface area (Å²) in [5, 5.41) is 11.8. The van der Waals surface area contributed by atoms with Crippen LogP contribution in [-0.2, 0) is 7.05 Å². The molecule has 0 unspecified atom stereocenters. The van der Waals surface area contributed by atoms with E-state index in [9.17, 15) is 10.1 Å². The Balaban J connectivity index is 1.95. The van der Waals surface area contributed by atoms with Gasteiger partial charge in [0.2, 0.25) is 0 Å². The van der Waals surface area contributed by atoms with E-state index in [1.54, 1.807) is 32.5 Å². The van der Waals surface area contributed by atoms with E-state index in [1.807, 2.05) is 23.7 Å². The van der Waals surface area contributed by atoms with E-state index in [-0.39, 0.29) is 5.69 Å². The van der Waals surface area contributed by atoms with E-state index in [2.05, 4.69) is 9.97 Å². The molecule has 0 atom stereocenters. The van der Waals surface area contributed by atoms with E-state index in [4.69, 9.17) is 9.47 Å². The second kappa shape index (κ2) is 6.24. The largest absolute Gasteiger partial charge is 0.493 e. The van der Waals surface area contributed by atoms with Gasteiger partial charge in [0.25, 0.3) is 5.69 Å². The van der Waals surface area contributed by atoms with Gasteiger partial charge in [-0.25, -0.2) is 4.98 Å².